The summed E-state index contributed by atoms with van der Waals surface area (Å²) in [5, 5.41) is 2.37. The Hall–Kier alpha value is -1.72. The minimum absolute atomic E-state index is 0.332. The molecule has 1 heterocycles. The van der Waals surface area contributed by atoms with Crippen LogP contribution >= 0.6 is 0 Å². The van der Waals surface area contributed by atoms with Gasteiger partial charge in [-0.25, -0.2) is 14.6 Å². The third-order valence-electron chi connectivity index (χ3n) is 1.36. The summed E-state index contributed by atoms with van der Waals surface area (Å²) in [6.07, 6.45) is 1.80. The maximum absolute atomic E-state index is 11.1. The van der Waals surface area contributed by atoms with Crippen molar-refractivity contribution in [3.8, 4) is 0 Å². The number of urea groups is 2. The second-order valence-corrected chi connectivity index (χ2v) is 2.68. The lowest BCUT2D eigenvalue weighted by Crippen LogP contribution is -2.34. The molecule has 70 valence electrons. The van der Waals surface area contributed by atoms with Crippen LogP contribution in [0, 0.1) is 0 Å². The molecule has 0 aromatic heterocycles. The van der Waals surface area contributed by atoms with Gasteiger partial charge in [-0.2, -0.15) is 4.99 Å². The summed E-state index contributed by atoms with van der Waals surface area (Å²) in [4.78, 5) is 30.2. The average Bonchev–Trinajstić information content (AvgIpc) is 2.04. The third-order valence-corrected chi connectivity index (χ3v) is 1.36. The van der Waals surface area contributed by atoms with Crippen LogP contribution in [0.2, 0.25) is 0 Å². The maximum atomic E-state index is 11.1. The number of amidine groups is 1. The van der Waals surface area contributed by atoms with Gasteiger partial charge >= 0.3 is 12.1 Å². The molecule has 0 radical (unpaired) electrons. The Labute approximate surface area is 75.3 Å². The molecule has 13 heavy (non-hydrogen) atoms. The average molecular weight is 182 g/mol. The molecule has 1 aliphatic rings. The molecule has 1 N–H and O–H groups in total. The lowest BCUT2D eigenvalue weighted by atomic mass is 10.4. The van der Waals surface area contributed by atoms with Crippen LogP contribution in [0.1, 0.15) is 6.42 Å². The molecule has 0 unspecified atom stereocenters. The maximum Gasteiger partial charge on any atom is 0.345 e. The van der Waals surface area contributed by atoms with Crippen molar-refractivity contribution in [3.63, 3.8) is 0 Å². The van der Waals surface area contributed by atoms with Crippen LogP contribution in [0.15, 0.2) is 9.98 Å². The fourth-order valence-electron chi connectivity index (χ4n) is 0.711. The number of hydrogen-bond acceptors (Lipinski definition) is 2. The molecule has 1 rings (SSSR count). The summed E-state index contributed by atoms with van der Waals surface area (Å²) < 4.78 is 0. The topological polar surface area (TPSA) is 74.1 Å². The zero-order valence-electron chi connectivity index (χ0n) is 7.44. The fourth-order valence-corrected chi connectivity index (χ4v) is 0.711. The van der Waals surface area contributed by atoms with Gasteiger partial charge in [0.2, 0.25) is 0 Å². The lowest BCUT2D eigenvalue weighted by molar-refractivity contribution is 0.227. The Kier molecular flexibility index (Phi) is 2.73. The lowest BCUT2D eigenvalue weighted by Gasteiger charge is -2.10. The highest BCUT2D eigenvalue weighted by molar-refractivity contribution is 6.12. The van der Waals surface area contributed by atoms with Crippen molar-refractivity contribution in [2.24, 2.45) is 9.98 Å². The van der Waals surface area contributed by atoms with Crippen LogP contribution in [0.4, 0.5) is 9.59 Å². The summed E-state index contributed by atoms with van der Waals surface area (Å²) in [5.41, 5.74) is 0. The zero-order chi connectivity index (χ0) is 9.84. The molecular weight excluding hydrogens is 172 g/mol. The molecule has 6 heteroatoms. The standard InChI is InChI=1S/C7H10N4O2/c1-11(2)7(13)10-5-3-4-8-6(12)9-5/h4H,3H2,1-2H3,(H,9,10,12,13). The van der Waals surface area contributed by atoms with Gasteiger partial charge in [0.1, 0.15) is 5.84 Å². The molecule has 0 bridgehead atoms. The van der Waals surface area contributed by atoms with Crippen LogP contribution in [0.5, 0.6) is 0 Å². The van der Waals surface area contributed by atoms with Gasteiger partial charge in [-0.15, -0.1) is 0 Å². The van der Waals surface area contributed by atoms with Gasteiger partial charge in [-0.3, -0.25) is 5.32 Å². The van der Waals surface area contributed by atoms with Crippen molar-refractivity contribution in [3.05, 3.63) is 0 Å². The number of nitrogens with zero attached hydrogens (tertiary/aromatic N) is 3. The van der Waals surface area contributed by atoms with E-state index in [1.165, 1.54) is 11.1 Å². The summed E-state index contributed by atoms with van der Waals surface area (Å²) in [6.45, 7) is 0. The van der Waals surface area contributed by atoms with Gasteiger partial charge in [-0.1, -0.05) is 0 Å². The number of amides is 4. The molecule has 0 fully saturated rings. The van der Waals surface area contributed by atoms with Crippen molar-refractivity contribution in [1.29, 1.82) is 0 Å². The first kappa shape index (κ1) is 9.37. The number of aliphatic imine (C=N–C) groups is 2. The van der Waals surface area contributed by atoms with Crippen molar-refractivity contribution >= 4 is 24.1 Å². The molecule has 1 aliphatic heterocycles. The van der Waals surface area contributed by atoms with Crippen LogP contribution < -0.4 is 5.32 Å². The second-order valence-electron chi connectivity index (χ2n) is 2.68. The minimum atomic E-state index is -0.489. The van der Waals surface area contributed by atoms with Gasteiger partial charge < -0.3 is 4.90 Å². The molecule has 6 nitrogen and oxygen atoms in total. The molecule has 0 atom stereocenters. The van der Waals surface area contributed by atoms with E-state index < -0.39 is 12.1 Å². The van der Waals surface area contributed by atoms with E-state index >= 15 is 0 Å². The van der Waals surface area contributed by atoms with Gasteiger partial charge in [0.15, 0.2) is 0 Å². The Morgan fingerprint density at radius 3 is 2.92 bits per heavy atom. The molecule has 4 amide bonds. The van der Waals surface area contributed by atoms with Gasteiger partial charge in [0, 0.05) is 26.7 Å². The number of rotatable bonds is 0. The number of carbonyl (C=O) groups is 2. The second kappa shape index (κ2) is 3.79. The highest BCUT2D eigenvalue weighted by Gasteiger charge is 2.10. The molecule has 0 aliphatic carbocycles. The van der Waals surface area contributed by atoms with Crippen molar-refractivity contribution in [1.82, 2.24) is 10.2 Å². The molecular formula is C7H10N4O2. The predicted molar refractivity (Wildman–Crippen MR) is 48.2 cm³/mol. The van der Waals surface area contributed by atoms with E-state index in [1.807, 2.05) is 0 Å². The Morgan fingerprint density at radius 1 is 1.69 bits per heavy atom. The van der Waals surface area contributed by atoms with E-state index in [-0.39, 0.29) is 0 Å². The quantitative estimate of drug-likeness (QED) is 0.583. The predicted octanol–water partition coefficient (Wildman–Crippen LogP) is 0.251. The van der Waals surface area contributed by atoms with Gasteiger partial charge in [0.25, 0.3) is 0 Å². The Morgan fingerprint density at radius 2 is 2.38 bits per heavy atom. The van der Waals surface area contributed by atoms with E-state index in [0.717, 1.165) is 0 Å². The van der Waals surface area contributed by atoms with E-state index in [0.29, 0.717) is 12.3 Å². The normalized spacial score (nSPS) is 18.6. The Balaban J connectivity index is 2.67. The van der Waals surface area contributed by atoms with Crippen LogP contribution in [-0.4, -0.2) is 43.1 Å². The molecule has 0 aromatic rings. The van der Waals surface area contributed by atoms with Gasteiger partial charge in [-0.05, 0) is 0 Å². The van der Waals surface area contributed by atoms with Crippen LogP contribution in [-0.2, 0) is 0 Å². The van der Waals surface area contributed by atoms with E-state index in [1.54, 1.807) is 14.1 Å². The summed E-state index contributed by atoms with van der Waals surface area (Å²) in [5.74, 6) is 0.332. The molecule has 0 spiro atoms. The smallest absolute Gasteiger partial charge is 0.329 e. The first-order valence-corrected chi connectivity index (χ1v) is 3.72. The van der Waals surface area contributed by atoms with Crippen LogP contribution in [0.3, 0.4) is 0 Å². The Bertz CT molecular complexity index is 293. The highest BCUT2D eigenvalue weighted by atomic mass is 16.2. The fraction of sp³-hybridized carbons (Fsp3) is 0.429. The molecule has 0 aromatic carbocycles. The highest BCUT2D eigenvalue weighted by Crippen LogP contribution is 1.93. The van der Waals surface area contributed by atoms with Crippen molar-refractivity contribution < 1.29 is 9.59 Å². The first-order valence-electron chi connectivity index (χ1n) is 3.72. The first-order chi connectivity index (χ1) is 6.09. The van der Waals surface area contributed by atoms with E-state index in [4.69, 9.17) is 0 Å². The summed E-state index contributed by atoms with van der Waals surface area (Å²) in [7, 11) is 3.18. The number of carbonyl (C=O) groups excluding carboxylic acids is 2. The third kappa shape index (κ3) is 2.66. The van der Waals surface area contributed by atoms with Crippen LogP contribution in [0.25, 0.3) is 0 Å². The number of hydrogen-bond donors (Lipinski definition) is 1. The monoisotopic (exact) mass is 182 g/mol. The largest absolute Gasteiger partial charge is 0.345 e. The summed E-state index contributed by atoms with van der Waals surface area (Å²) in [6, 6.07) is -0.887. The SMILES string of the molecule is CN(C)C(=O)/N=C1/CC=NC(=O)N1. The summed E-state index contributed by atoms with van der Waals surface area (Å²) >= 11 is 0. The van der Waals surface area contributed by atoms with E-state index in [9.17, 15) is 9.59 Å². The van der Waals surface area contributed by atoms with Gasteiger partial charge in [0.05, 0.1) is 0 Å². The van der Waals surface area contributed by atoms with Crippen molar-refractivity contribution in [2.45, 2.75) is 6.42 Å². The zero-order valence-corrected chi connectivity index (χ0v) is 7.44. The number of nitrogens with one attached hydrogen (secondary N) is 1. The molecule has 0 saturated heterocycles. The van der Waals surface area contributed by atoms with E-state index in [2.05, 4.69) is 15.3 Å². The minimum Gasteiger partial charge on any atom is -0.329 e. The molecule has 0 saturated carbocycles. The van der Waals surface area contributed by atoms with Crippen molar-refractivity contribution in [2.75, 3.05) is 14.1 Å².